The first-order chi connectivity index (χ1) is 17.3. The smallest absolute Gasteiger partial charge is 0.339 e. The molecule has 5 nitrogen and oxygen atoms in total. The van der Waals surface area contributed by atoms with Crippen molar-refractivity contribution in [3.05, 3.63) is 125 Å². The number of phenols is 1. The van der Waals surface area contributed by atoms with Crippen molar-refractivity contribution in [3.63, 3.8) is 0 Å². The van der Waals surface area contributed by atoms with Crippen molar-refractivity contribution in [1.29, 1.82) is 0 Å². The molecule has 184 valence electrons. The maximum Gasteiger partial charge on any atom is 0.339 e. The number of hydrogen-bond acceptors (Lipinski definition) is 4. The minimum atomic E-state index is -1.16. The zero-order valence-corrected chi connectivity index (χ0v) is 20.5. The van der Waals surface area contributed by atoms with Gasteiger partial charge in [-0.15, -0.1) is 0 Å². The van der Waals surface area contributed by atoms with E-state index in [1.54, 1.807) is 12.1 Å². The van der Waals surface area contributed by atoms with E-state index in [4.69, 9.17) is 9.47 Å². The Morgan fingerprint density at radius 1 is 0.778 bits per heavy atom. The van der Waals surface area contributed by atoms with Gasteiger partial charge in [0.1, 0.15) is 36.0 Å². The van der Waals surface area contributed by atoms with E-state index < -0.39 is 11.4 Å². The van der Waals surface area contributed by atoms with E-state index in [2.05, 4.69) is 18.2 Å². The van der Waals surface area contributed by atoms with E-state index in [0.717, 1.165) is 33.8 Å². The highest BCUT2D eigenvalue weighted by Crippen LogP contribution is 2.36. The van der Waals surface area contributed by atoms with Crippen LogP contribution in [0, 0.1) is 0 Å². The van der Waals surface area contributed by atoms with Crippen LogP contribution in [0.1, 0.15) is 46.5 Å². The summed E-state index contributed by atoms with van der Waals surface area (Å²) in [6.07, 6.45) is 0.690. The maximum atomic E-state index is 11.6. The largest absolute Gasteiger partial charge is 0.507 e. The standard InChI is InChI=1S/C31H30O5/c1-31(2,25-13-15-28(32)27(21-25)30(33)34)24-14-16-29(23(20-24)19-22-9-5-3-6-10-22)36-18-17-35-26-11-7-4-8-12-26/h3-16,20-21,32H,17-19H2,1-2H3,(H,33,34). The van der Waals surface area contributed by atoms with E-state index in [0.29, 0.717) is 19.6 Å². The normalized spacial score (nSPS) is 11.2. The molecule has 4 rings (SSSR count). The summed E-state index contributed by atoms with van der Waals surface area (Å²) >= 11 is 0. The van der Waals surface area contributed by atoms with Crippen molar-refractivity contribution >= 4 is 5.97 Å². The Morgan fingerprint density at radius 3 is 2.08 bits per heavy atom. The topological polar surface area (TPSA) is 76.0 Å². The number of ether oxygens (including phenoxy) is 2. The van der Waals surface area contributed by atoms with Crippen LogP contribution in [0.4, 0.5) is 0 Å². The molecule has 4 aromatic rings. The Balaban J connectivity index is 1.60. The highest BCUT2D eigenvalue weighted by molar-refractivity contribution is 5.91. The number of aromatic carboxylic acids is 1. The molecule has 2 N–H and O–H groups in total. The third-order valence-corrected chi connectivity index (χ3v) is 6.32. The molecule has 4 aromatic carbocycles. The fourth-order valence-electron chi connectivity index (χ4n) is 4.15. The first kappa shape index (κ1) is 24.9. The molecule has 0 bridgehead atoms. The summed E-state index contributed by atoms with van der Waals surface area (Å²) in [4.78, 5) is 11.6. The maximum absolute atomic E-state index is 11.6. The summed E-state index contributed by atoms with van der Waals surface area (Å²) < 4.78 is 11.9. The fourth-order valence-corrected chi connectivity index (χ4v) is 4.15. The molecule has 0 amide bonds. The lowest BCUT2D eigenvalue weighted by atomic mass is 9.77. The van der Waals surface area contributed by atoms with Gasteiger partial charge in [-0.05, 0) is 52.6 Å². The van der Waals surface area contributed by atoms with Crippen molar-refractivity contribution in [1.82, 2.24) is 0 Å². The number of carbonyl (C=O) groups is 1. The van der Waals surface area contributed by atoms with E-state index in [9.17, 15) is 15.0 Å². The molecule has 5 heteroatoms. The van der Waals surface area contributed by atoms with Gasteiger partial charge in [-0.2, -0.15) is 0 Å². The average molecular weight is 483 g/mol. The first-order valence-corrected chi connectivity index (χ1v) is 11.9. The SMILES string of the molecule is CC(C)(c1ccc(OCCOc2ccccc2)c(Cc2ccccc2)c1)c1ccc(O)c(C(=O)O)c1. The number of aromatic hydroxyl groups is 1. The lowest BCUT2D eigenvalue weighted by molar-refractivity contribution is 0.0693. The van der Waals surface area contributed by atoms with Crippen LogP contribution in [0.2, 0.25) is 0 Å². The number of carboxylic acids is 1. The molecule has 0 atom stereocenters. The van der Waals surface area contributed by atoms with Crippen molar-refractivity contribution in [2.24, 2.45) is 0 Å². The Bertz CT molecular complexity index is 1310. The van der Waals surface area contributed by atoms with Crippen LogP contribution in [0.25, 0.3) is 0 Å². The van der Waals surface area contributed by atoms with Gasteiger partial charge in [-0.25, -0.2) is 4.79 Å². The van der Waals surface area contributed by atoms with Gasteiger partial charge in [-0.3, -0.25) is 0 Å². The molecule has 0 saturated heterocycles. The first-order valence-electron chi connectivity index (χ1n) is 11.9. The Labute approximate surface area is 211 Å². The van der Waals surface area contributed by atoms with Gasteiger partial charge in [-0.1, -0.05) is 80.6 Å². The fraction of sp³-hybridized carbons (Fsp3) is 0.194. The average Bonchev–Trinajstić information content (AvgIpc) is 2.88. The predicted octanol–water partition coefficient (Wildman–Crippen LogP) is 6.46. The van der Waals surface area contributed by atoms with Crippen LogP contribution in [0.3, 0.4) is 0 Å². The molecule has 0 spiro atoms. The second-order valence-corrected chi connectivity index (χ2v) is 9.16. The predicted molar refractivity (Wildman–Crippen MR) is 140 cm³/mol. The highest BCUT2D eigenvalue weighted by Gasteiger charge is 2.26. The minimum absolute atomic E-state index is 0.108. The molecule has 0 fully saturated rings. The number of carboxylic acid groups (broad SMARTS) is 1. The van der Waals surface area contributed by atoms with Crippen LogP contribution in [0.5, 0.6) is 17.2 Å². The zero-order chi connectivity index (χ0) is 25.5. The summed E-state index contributed by atoms with van der Waals surface area (Å²) in [6.45, 7) is 4.91. The molecular formula is C31H30O5. The molecule has 0 aliphatic carbocycles. The number of benzene rings is 4. The second-order valence-electron chi connectivity index (χ2n) is 9.16. The summed E-state index contributed by atoms with van der Waals surface area (Å²) in [5, 5.41) is 19.4. The molecule has 36 heavy (non-hydrogen) atoms. The number of para-hydroxylation sites is 1. The highest BCUT2D eigenvalue weighted by atomic mass is 16.5. The Morgan fingerprint density at radius 2 is 1.39 bits per heavy atom. The van der Waals surface area contributed by atoms with Crippen molar-refractivity contribution in [3.8, 4) is 17.2 Å². The molecule has 0 unspecified atom stereocenters. The van der Waals surface area contributed by atoms with Gasteiger partial charge in [0.25, 0.3) is 0 Å². The molecule has 0 radical (unpaired) electrons. The van der Waals surface area contributed by atoms with E-state index >= 15 is 0 Å². The lowest BCUT2D eigenvalue weighted by Crippen LogP contribution is -2.20. The van der Waals surface area contributed by atoms with Crippen LogP contribution < -0.4 is 9.47 Å². The van der Waals surface area contributed by atoms with E-state index in [1.807, 2.05) is 74.5 Å². The Kier molecular flexibility index (Phi) is 7.59. The van der Waals surface area contributed by atoms with Gasteiger partial charge in [0.15, 0.2) is 0 Å². The van der Waals surface area contributed by atoms with Crippen molar-refractivity contribution in [2.45, 2.75) is 25.7 Å². The van der Waals surface area contributed by atoms with Crippen molar-refractivity contribution in [2.75, 3.05) is 13.2 Å². The Hall–Kier alpha value is -4.25. The van der Waals surface area contributed by atoms with Crippen LogP contribution >= 0.6 is 0 Å². The summed E-state index contributed by atoms with van der Waals surface area (Å²) in [5.74, 6) is 0.189. The zero-order valence-electron chi connectivity index (χ0n) is 20.5. The summed E-state index contributed by atoms with van der Waals surface area (Å²) in [6, 6.07) is 30.7. The molecule has 0 aliphatic rings. The molecule has 0 saturated carbocycles. The van der Waals surface area contributed by atoms with Crippen molar-refractivity contribution < 1.29 is 24.5 Å². The van der Waals surface area contributed by atoms with Crippen LogP contribution in [0.15, 0.2) is 97.1 Å². The second kappa shape index (κ2) is 11.0. The van der Waals surface area contributed by atoms with Gasteiger partial charge < -0.3 is 19.7 Å². The molecular weight excluding hydrogens is 452 g/mol. The quantitative estimate of drug-likeness (QED) is 0.254. The lowest BCUT2D eigenvalue weighted by Gasteiger charge is -2.28. The number of hydrogen-bond donors (Lipinski definition) is 2. The molecule has 0 aliphatic heterocycles. The van der Waals surface area contributed by atoms with Crippen LogP contribution in [-0.2, 0) is 11.8 Å². The van der Waals surface area contributed by atoms with E-state index in [-0.39, 0.29) is 11.3 Å². The monoisotopic (exact) mass is 482 g/mol. The third-order valence-electron chi connectivity index (χ3n) is 6.32. The minimum Gasteiger partial charge on any atom is -0.507 e. The molecule has 0 heterocycles. The summed E-state index contributed by atoms with van der Waals surface area (Å²) in [7, 11) is 0. The van der Waals surface area contributed by atoms with Gasteiger partial charge >= 0.3 is 5.97 Å². The van der Waals surface area contributed by atoms with Gasteiger partial charge in [0, 0.05) is 11.8 Å². The van der Waals surface area contributed by atoms with E-state index in [1.165, 1.54) is 6.07 Å². The summed E-state index contributed by atoms with van der Waals surface area (Å²) in [5.41, 5.74) is 3.40. The van der Waals surface area contributed by atoms with Gasteiger partial charge in [0.05, 0.1) is 0 Å². The number of rotatable bonds is 10. The van der Waals surface area contributed by atoms with Gasteiger partial charge in [0.2, 0.25) is 0 Å². The van der Waals surface area contributed by atoms with Crippen LogP contribution in [-0.4, -0.2) is 29.4 Å². The third kappa shape index (κ3) is 5.87. The molecule has 0 aromatic heterocycles.